The summed E-state index contributed by atoms with van der Waals surface area (Å²) in [6.07, 6.45) is 10.1. The van der Waals surface area contributed by atoms with Gasteiger partial charge in [-0.25, -0.2) is 4.98 Å². The fraction of sp³-hybridized carbons (Fsp3) is 0.364. The Hall–Kier alpha value is -3.02. The lowest BCUT2D eigenvalue weighted by molar-refractivity contribution is 0.102. The van der Waals surface area contributed by atoms with Crippen molar-refractivity contribution in [1.29, 1.82) is 0 Å². The fourth-order valence-corrected chi connectivity index (χ4v) is 3.22. The summed E-state index contributed by atoms with van der Waals surface area (Å²) >= 11 is 0. The first kappa shape index (κ1) is 19.7. The van der Waals surface area contributed by atoms with Crippen LogP contribution in [0.1, 0.15) is 42.6 Å². The highest BCUT2D eigenvalue weighted by atomic mass is 16.5. The van der Waals surface area contributed by atoms with Gasteiger partial charge in [0.05, 0.1) is 31.8 Å². The van der Waals surface area contributed by atoms with Gasteiger partial charge in [0.25, 0.3) is 5.91 Å². The van der Waals surface area contributed by atoms with Crippen molar-refractivity contribution in [2.75, 3.05) is 31.4 Å². The van der Waals surface area contributed by atoms with Crippen molar-refractivity contribution in [1.82, 2.24) is 4.98 Å². The lowest BCUT2D eigenvalue weighted by Crippen LogP contribution is -2.14. The second-order valence-electron chi connectivity index (χ2n) is 6.74. The zero-order chi connectivity index (χ0) is 19.8. The normalized spacial score (nSPS) is 13.4. The third kappa shape index (κ3) is 5.25. The van der Waals surface area contributed by atoms with Gasteiger partial charge in [-0.05, 0) is 56.4 Å². The molecule has 1 aromatic carbocycles. The van der Waals surface area contributed by atoms with Gasteiger partial charge in [-0.15, -0.1) is 0 Å². The molecule has 0 spiro atoms. The van der Waals surface area contributed by atoms with E-state index >= 15 is 0 Å². The number of hydrogen-bond donors (Lipinski definition) is 2. The maximum Gasteiger partial charge on any atom is 0.274 e. The van der Waals surface area contributed by atoms with Crippen LogP contribution in [0.3, 0.4) is 0 Å². The number of ether oxygens (including phenoxy) is 2. The third-order valence-corrected chi connectivity index (χ3v) is 4.81. The molecule has 148 valence electrons. The molecule has 0 atom stereocenters. The van der Waals surface area contributed by atoms with Crippen molar-refractivity contribution in [3.05, 3.63) is 53.9 Å². The van der Waals surface area contributed by atoms with Crippen LogP contribution in [0.4, 0.5) is 11.4 Å². The monoisotopic (exact) mass is 381 g/mol. The van der Waals surface area contributed by atoms with Crippen LogP contribution in [-0.2, 0) is 0 Å². The van der Waals surface area contributed by atoms with Crippen LogP contribution in [0, 0.1) is 0 Å². The number of hydrogen-bond acceptors (Lipinski definition) is 5. The largest absolute Gasteiger partial charge is 0.497 e. The number of aromatic nitrogens is 1. The zero-order valence-corrected chi connectivity index (χ0v) is 16.5. The Bertz CT molecular complexity index is 831. The summed E-state index contributed by atoms with van der Waals surface area (Å²) in [6.45, 7) is 0.877. The van der Waals surface area contributed by atoms with Crippen LogP contribution in [0.15, 0.2) is 48.2 Å². The van der Waals surface area contributed by atoms with Crippen LogP contribution in [0.25, 0.3) is 0 Å². The minimum Gasteiger partial charge on any atom is -0.497 e. The number of allylic oxidation sites excluding steroid dienone is 1. The van der Waals surface area contributed by atoms with Crippen molar-refractivity contribution in [3.8, 4) is 11.5 Å². The fourth-order valence-electron chi connectivity index (χ4n) is 3.22. The number of rotatable bonds is 8. The SMILES string of the molecule is COc1ccc(NC(=O)c2ccc(NCCC3=CCCCC3)cn2)c(OC)c1. The number of nitrogens with one attached hydrogen (secondary N) is 2. The smallest absolute Gasteiger partial charge is 0.274 e. The Kier molecular flexibility index (Phi) is 6.89. The number of carbonyl (C=O) groups is 1. The van der Waals surface area contributed by atoms with E-state index in [-0.39, 0.29) is 5.91 Å². The number of methoxy groups -OCH3 is 2. The Morgan fingerprint density at radius 3 is 2.71 bits per heavy atom. The third-order valence-electron chi connectivity index (χ3n) is 4.81. The molecule has 1 amide bonds. The molecule has 1 heterocycles. The average molecular weight is 381 g/mol. The first-order valence-electron chi connectivity index (χ1n) is 9.61. The van der Waals surface area contributed by atoms with Gasteiger partial charge in [0, 0.05) is 12.6 Å². The summed E-state index contributed by atoms with van der Waals surface area (Å²) in [5.41, 5.74) is 3.36. The minimum atomic E-state index is -0.289. The van der Waals surface area contributed by atoms with Crippen LogP contribution in [0.5, 0.6) is 11.5 Å². The molecule has 6 nitrogen and oxygen atoms in total. The maximum absolute atomic E-state index is 12.5. The molecule has 6 heteroatoms. The number of benzene rings is 1. The number of nitrogens with zero attached hydrogens (tertiary/aromatic N) is 1. The van der Waals surface area contributed by atoms with Gasteiger partial charge >= 0.3 is 0 Å². The Labute approximate surface area is 166 Å². The summed E-state index contributed by atoms with van der Waals surface area (Å²) < 4.78 is 10.5. The van der Waals surface area contributed by atoms with Crippen molar-refractivity contribution in [3.63, 3.8) is 0 Å². The van der Waals surface area contributed by atoms with Gasteiger partial charge in [-0.2, -0.15) is 0 Å². The van der Waals surface area contributed by atoms with E-state index in [4.69, 9.17) is 9.47 Å². The molecular weight excluding hydrogens is 354 g/mol. The van der Waals surface area contributed by atoms with E-state index in [1.807, 2.05) is 6.07 Å². The Balaban J connectivity index is 1.55. The van der Waals surface area contributed by atoms with Crippen LogP contribution in [0.2, 0.25) is 0 Å². The quantitative estimate of drug-likeness (QED) is 0.651. The summed E-state index contributed by atoms with van der Waals surface area (Å²) in [5, 5.41) is 6.19. The number of amides is 1. The first-order valence-corrected chi connectivity index (χ1v) is 9.61. The minimum absolute atomic E-state index is 0.289. The van der Waals surface area contributed by atoms with Gasteiger partial charge < -0.3 is 20.1 Å². The zero-order valence-electron chi connectivity index (χ0n) is 16.5. The molecule has 0 aliphatic heterocycles. The molecule has 28 heavy (non-hydrogen) atoms. The second-order valence-corrected chi connectivity index (χ2v) is 6.74. The maximum atomic E-state index is 12.5. The topological polar surface area (TPSA) is 72.5 Å². The summed E-state index contributed by atoms with van der Waals surface area (Å²) in [7, 11) is 3.13. The van der Waals surface area contributed by atoms with Gasteiger partial charge in [0.1, 0.15) is 17.2 Å². The van der Waals surface area contributed by atoms with E-state index in [1.54, 1.807) is 44.7 Å². The van der Waals surface area contributed by atoms with Gasteiger partial charge in [-0.3, -0.25) is 4.79 Å². The van der Waals surface area contributed by atoms with Crippen molar-refractivity contribution in [2.45, 2.75) is 32.1 Å². The number of carbonyl (C=O) groups excluding carboxylic acids is 1. The standard InChI is InChI=1S/C22H27N3O3/c1-27-18-9-11-19(21(14-18)28-2)25-22(26)20-10-8-17(15-24-20)23-13-12-16-6-4-3-5-7-16/h6,8-11,14-15,23H,3-5,7,12-13H2,1-2H3,(H,25,26). The summed E-state index contributed by atoms with van der Waals surface area (Å²) in [4.78, 5) is 16.8. The van der Waals surface area contributed by atoms with E-state index in [2.05, 4.69) is 21.7 Å². The molecular formula is C22H27N3O3. The highest BCUT2D eigenvalue weighted by molar-refractivity contribution is 6.03. The van der Waals surface area contributed by atoms with Crippen LogP contribution < -0.4 is 20.1 Å². The molecule has 2 N–H and O–H groups in total. The van der Waals surface area contributed by atoms with Gasteiger partial charge in [0.15, 0.2) is 0 Å². The molecule has 1 aromatic heterocycles. The highest BCUT2D eigenvalue weighted by Gasteiger charge is 2.12. The predicted octanol–water partition coefficient (Wildman–Crippen LogP) is 4.65. The highest BCUT2D eigenvalue weighted by Crippen LogP contribution is 2.29. The van der Waals surface area contributed by atoms with E-state index in [0.717, 1.165) is 18.7 Å². The van der Waals surface area contributed by atoms with Gasteiger partial charge in [0.2, 0.25) is 0 Å². The number of pyridine rings is 1. The molecule has 0 saturated heterocycles. The molecule has 0 fully saturated rings. The molecule has 0 saturated carbocycles. The van der Waals surface area contributed by atoms with E-state index in [0.29, 0.717) is 22.9 Å². The Morgan fingerprint density at radius 1 is 1.14 bits per heavy atom. The number of anilines is 2. The van der Waals surface area contributed by atoms with E-state index < -0.39 is 0 Å². The van der Waals surface area contributed by atoms with Gasteiger partial charge in [-0.1, -0.05) is 11.6 Å². The lowest BCUT2D eigenvalue weighted by Gasteiger charge is -2.13. The van der Waals surface area contributed by atoms with Crippen molar-refractivity contribution in [2.24, 2.45) is 0 Å². The van der Waals surface area contributed by atoms with Crippen molar-refractivity contribution >= 4 is 17.3 Å². The molecule has 0 bridgehead atoms. The molecule has 2 aromatic rings. The van der Waals surface area contributed by atoms with Crippen molar-refractivity contribution < 1.29 is 14.3 Å². The van der Waals surface area contributed by atoms with E-state index in [1.165, 1.54) is 31.3 Å². The predicted molar refractivity (Wildman–Crippen MR) is 111 cm³/mol. The molecule has 1 aliphatic rings. The molecule has 3 rings (SSSR count). The summed E-state index contributed by atoms with van der Waals surface area (Å²) in [5.74, 6) is 0.901. The molecule has 1 aliphatic carbocycles. The average Bonchev–Trinajstić information content (AvgIpc) is 2.75. The van der Waals surface area contributed by atoms with Crippen LogP contribution in [-0.4, -0.2) is 31.7 Å². The second kappa shape index (κ2) is 9.78. The lowest BCUT2D eigenvalue weighted by atomic mass is 9.97. The molecule has 0 radical (unpaired) electrons. The molecule has 0 unspecified atom stereocenters. The van der Waals surface area contributed by atoms with Crippen LogP contribution >= 0.6 is 0 Å². The Morgan fingerprint density at radius 2 is 2.04 bits per heavy atom. The first-order chi connectivity index (χ1) is 13.7. The van der Waals surface area contributed by atoms with E-state index in [9.17, 15) is 4.79 Å². The summed E-state index contributed by atoms with van der Waals surface area (Å²) in [6, 6.07) is 8.82.